The first-order valence-corrected chi connectivity index (χ1v) is 6.96. The second-order valence-corrected chi connectivity index (χ2v) is 3.64. The van der Waals surface area contributed by atoms with Gasteiger partial charge in [0.15, 0.2) is 0 Å². The predicted octanol–water partition coefficient (Wildman–Crippen LogP) is -0.144. The number of hydrogen-bond acceptors (Lipinski definition) is 7. The predicted molar refractivity (Wildman–Crippen MR) is 79.5 cm³/mol. The quantitative estimate of drug-likeness (QED) is 0.321. The van der Waals surface area contributed by atoms with E-state index in [0.29, 0.717) is 59.5 Å². The van der Waals surface area contributed by atoms with Gasteiger partial charge in [-0.25, -0.2) is 0 Å². The molecular weight excluding hydrogens is 280 g/mol. The van der Waals surface area contributed by atoms with Crippen LogP contribution in [0.25, 0.3) is 0 Å². The van der Waals surface area contributed by atoms with Crippen LogP contribution in [0.5, 0.6) is 0 Å². The number of hydrogen-bond donors (Lipinski definition) is 2. The Balaban J connectivity index is 0. The summed E-state index contributed by atoms with van der Waals surface area (Å²) in [6.45, 7) is 7.87. The number of ether oxygens (including phenoxy) is 5. The molecule has 7 heteroatoms. The summed E-state index contributed by atoms with van der Waals surface area (Å²) in [7, 11) is 1.64. The average Bonchev–Trinajstić information content (AvgIpc) is 2.50. The van der Waals surface area contributed by atoms with E-state index >= 15 is 0 Å². The number of aliphatic hydroxyl groups is 2. The molecule has 0 bridgehead atoms. The smallest absolute Gasteiger partial charge is 0.0701 e. The molecule has 128 valence electrons. The molecule has 0 heterocycles. The molecular formula is C14H30O7. The van der Waals surface area contributed by atoms with Crippen LogP contribution in [0.1, 0.15) is 0 Å². The molecule has 0 aliphatic carbocycles. The first kappa shape index (κ1) is 22.7. The van der Waals surface area contributed by atoms with Crippen LogP contribution < -0.4 is 0 Å². The van der Waals surface area contributed by atoms with Crippen LogP contribution >= 0.6 is 0 Å². The fourth-order valence-electron chi connectivity index (χ4n) is 1.01. The van der Waals surface area contributed by atoms with E-state index in [-0.39, 0.29) is 13.2 Å². The van der Waals surface area contributed by atoms with Crippen LogP contribution in [0.4, 0.5) is 0 Å². The topological polar surface area (TPSA) is 86.6 Å². The molecule has 0 rings (SSSR count). The largest absolute Gasteiger partial charge is 0.394 e. The Bertz CT molecular complexity index is 165. The molecule has 7 nitrogen and oxygen atoms in total. The summed E-state index contributed by atoms with van der Waals surface area (Å²) in [5, 5.41) is 16.8. The van der Waals surface area contributed by atoms with Gasteiger partial charge >= 0.3 is 0 Å². The van der Waals surface area contributed by atoms with Crippen LogP contribution in [-0.2, 0) is 23.7 Å². The highest BCUT2D eigenvalue weighted by molar-refractivity contribution is 4.62. The molecule has 0 amide bonds. The van der Waals surface area contributed by atoms with Crippen LogP contribution in [0, 0.1) is 0 Å². The third-order valence-corrected chi connectivity index (χ3v) is 1.87. The SMILES string of the molecule is C=CCOC.OCCOCCOCCOCCOCCO. The second-order valence-electron chi connectivity index (χ2n) is 3.64. The summed E-state index contributed by atoms with van der Waals surface area (Å²) in [4.78, 5) is 0. The van der Waals surface area contributed by atoms with E-state index in [2.05, 4.69) is 11.3 Å². The summed E-state index contributed by atoms with van der Waals surface area (Å²) in [5.41, 5.74) is 0. The first-order chi connectivity index (χ1) is 10.3. The minimum Gasteiger partial charge on any atom is -0.394 e. The van der Waals surface area contributed by atoms with Gasteiger partial charge in [0.05, 0.1) is 72.7 Å². The Morgan fingerprint density at radius 3 is 1.24 bits per heavy atom. The van der Waals surface area contributed by atoms with Gasteiger partial charge in [-0.15, -0.1) is 6.58 Å². The molecule has 0 unspecified atom stereocenters. The highest BCUT2D eigenvalue weighted by atomic mass is 16.6. The lowest BCUT2D eigenvalue weighted by molar-refractivity contribution is -0.00856. The van der Waals surface area contributed by atoms with E-state index in [4.69, 9.17) is 29.2 Å². The highest BCUT2D eigenvalue weighted by Gasteiger charge is 1.91. The van der Waals surface area contributed by atoms with Crippen LogP contribution in [0.2, 0.25) is 0 Å². The zero-order valence-electron chi connectivity index (χ0n) is 13.0. The number of rotatable bonds is 15. The molecule has 0 fully saturated rings. The van der Waals surface area contributed by atoms with E-state index in [0.717, 1.165) is 0 Å². The maximum Gasteiger partial charge on any atom is 0.0701 e. The first-order valence-electron chi connectivity index (χ1n) is 6.96. The van der Waals surface area contributed by atoms with Gasteiger partial charge in [-0.3, -0.25) is 0 Å². The van der Waals surface area contributed by atoms with Crippen molar-refractivity contribution in [1.82, 2.24) is 0 Å². The molecule has 0 saturated carbocycles. The van der Waals surface area contributed by atoms with Crippen molar-refractivity contribution in [3.05, 3.63) is 12.7 Å². The minimum atomic E-state index is 0.0386. The molecule has 0 aromatic carbocycles. The zero-order valence-corrected chi connectivity index (χ0v) is 13.0. The van der Waals surface area contributed by atoms with Gasteiger partial charge in [0, 0.05) is 7.11 Å². The van der Waals surface area contributed by atoms with Gasteiger partial charge < -0.3 is 33.9 Å². The van der Waals surface area contributed by atoms with Crippen LogP contribution in [0.3, 0.4) is 0 Å². The van der Waals surface area contributed by atoms with Crippen LogP contribution in [-0.4, -0.2) is 90.0 Å². The molecule has 0 aliphatic rings. The van der Waals surface area contributed by atoms with Gasteiger partial charge in [-0.1, -0.05) is 6.08 Å². The molecule has 0 aliphatic heterocycles. The van der Waals surface area contributed by atoms with Crippen molar-refractivity contribution in [2.24, 2.45) is 0 Å². The molecule has 0 saturated heterocycles. The summed E-state index contributed by atoms with van der Waals surface area (Å²) in [5.74, 6) is 0. The van der Waals surface area contributed by atoms with Crippen molar-refractivity contribution >= 4 is 0 Å². The number of aliphatic hydroxyl groups excluding tert-OH is 2. The Labute approximate surface area is 127 Å². The summed E-state index contributed by atoms with van der Waals surface area (Å²) < 4.78 is 25.0. The molecule has 0 aromatic rings. The maximum atomic E-state index is 8.41. The van der Waals surface area contributed by atoms with E-state index in [9.17, 15) is 0 Å². The molecule has 2 N–H and O–H groups in total. The van der Waals surface area contributed by atoms with Crippen molar-refractivity contribution in [3.63, 3.8) is 0 Å². The molecule has 0 atom stereocenters. The fourth-order valence-corrected chi connectivity index (χ4v) is 1.01. The van der Waals surface area contributed by atoms with Gasteiger partial charge in [0.2, 0.25) is 0 Å². The average molecular weight is 310 g/mol. The molecule has 21 heavy (non-hydrogen) atoms. The molecule has 0 aromatic heterocycles. The highest BCUT2D eigenvalue weighted by Crippen LogP contribution is 1.82. The molecule has 0 radical (unpaired) electrons. The van der Waals surface area contributed by atoms with Gasteiger partial charge in [-0.05, 0) is 0 Å². The Morgan fingerprint density at radius 2 is 1.05 bits per heavy atom. The second kappa shape index (κ2) is 24.5. The van der Waals surface area contributed by atoms with E-state index < -0.39 is 0 Å². The van der Waals surface area contributed by atoms with E-state index in [1.807, 2.05) is 0 Å². The lowest BCUT2D eigenvalue weighted by Crippen LogP contribution is -2.13. The fraction of sp³-hybridized carbons (Fsp3) is 0.857. The van der Waals surface area contributed by atoms with Gasteiger partial charge in [0.1, 0.15) is 0 Å². The number of methoxy groups -OCH3 is 1. The lowest BCUT2D eigenvalue weighted by atomic mass is 10.7. The van der Waals surface area contributed by atoms with Gasteiger partial charge in [-0.2, -0.15) is 0 Å². The summed E-state index contributed by atoms with van der Waals surface area (Å²) in [6.07, 6.45) is 1.71. The Hall–Kier alpha value is -0.540. The van der Waals surface area contributed by atoms with E-state index in [1.54, 1.807) is 13.2 Å². The lowest BCUT2D eigenvalue weighted by Gasteiger charge is -2.06. The van der Waals surface area contributed by atoms with Crippen molar-refractivity contribution in [2.75, 3.05) is 79.8 Å². The van der Waals surface area contributed by atoms with E-state index in [1.165, 1.54) is 0 Å². The third kappa shape index (κ3) is 28.4. The standard InChI is InChI=1S/C10H22O6.C4H8O/c11-1-3-13-5-7-15-9-10-16-8-6-14-4-2-12;1-3-4-5-2/h11-12H,1-10H2;3H,1,4H2,2H3. The minimum absolute atomic E-state index is 0.0386. The zero-order chi connectivity index (χ0) is 16.0. The third-order valence-electron chi connectivity index (χ3n) is 1.87. The van der Waals surface area contributed by atoms with Crippen molar-refractivity contribution in [2.45, 2.75) is 0 Å². The Morgan fingerprint density at radius 1 is 0.714 bits per heavy atom. The summed E-state index contributed by atoms with van der Waals surface area (Å²) in [6, 6.07) is 0. The van der Waals surface area contributed by atoms with Crippen LogP contribution in [0.15, 0.2) is 12.7 Å². The maximum absolute atomic E-state index is 8.41. The Kier molecular flexibility index (Phi) is 26.5. The monoisotopic (exact) mass is 310 g/mol. The van der Waals surface area contributed by atoms with Crippen molar-refractivity contribution in [1.29, 1.82) is 0 Å². The summed E-state index contributed by atoms with van der Waals surface area (Å²) >= 11 is 0. The van der Waals surface area contributed by atoms with Crippen molar-refractivity contribution in [3.8, 4) is 0 Å². The van der Waals surface area contributed by atoms with Gasteiger partial charge in [0.25, 0.3) is 0 Å². The molecule has 0 spiro atoms. The van der Waals surface area contributed by atoms with Crippen molar-refractivity contribution < 1.29 is 33.9 Å². The normalized spacial score (nSPS) is 10.0.